The van der Waals surface area contributed by atoms with E-state index in [1.807, 2.05) is 36.6 Å². The van der Waals surface area contributed by atoms with Crippen molar-refractivity contribution in [3.05, 3.63) is 70.4 Å². The van der Waals surface area contributed by atoms with Crippen LogP contribution in [0.25, 0.3) is 11.3 Å². The second-order valence-corrected chi connectivity index (χ2v) is 7.41. The average Bonchev–Trinajstić information content (AvgIpc) is 3.09. The molecule has 5 nitrogen and oxygen atoms in total. The Labute approximate surface area is 166 Å². The Morgan fingerprint density at radius 1 is 1.14 bits per heavy atom. The molecular formula is C21H20FN3O2S. The number of nitrogens with zero attached hydrogens (tertiary/aromatic N) is 1. The molecule has 0 fully saturated rings. The molecule has 144 valence electrons. The Hall–Kier alpha value is -3.06. The molecule has 0 aliphatic rings. The molecule has 1 heterocycles. The van der Waals surface area contributed by atoms with Gasteiger partial charge in [-0.15, -0.1) is 11.3 Å². The molecule has 1 aromatic heterocycles. The Kier molecular flexibility index (Phi) is 5.84. The molecule has 0 unspecified atom stereocenters. The summed E-state index contributed by atoms with van der Waals surface area (Å²) in [5, 5.41) is 7.84. The molecule has 0 radical (unpaired) electrons. The standard InChI is InChI=1S/C21H20FN3O2S/c1-12-8-17(10-18(22)9-12)20(27)25-21-24-19(11-28-21)16-6-4-15(5-7-16)13(2)23-14(3)26/h4-11,13H,1-3H3,(H,23,26)(H,24,25,27)/t13-/m0/s1. The van der Waals surface area contributed by atoms with Gasteiger partial charge in [0, 0.05) is 23.4 Å². The van der Waals surface area contributed by atoms with Crippen LogP contribution in [0.1, 0.15) is 41.4 Å². The van der Waals surface area contributed by atoms with Gasteiger partial charge in [0.05, 0.1) is 11.7 Å². The van der Waals surface area contributed by atoms with Crippen LogP contribution in [0.15, 0.2) is 47.8 Å². The van der Waals surface area contributed by atoms with Gasteiger partial charge in [0.25, 0.3) is 5.91 Å². The molecule has 1 atom stereocenters. The van der Waals surface area contributed by atoms with E-state index < -0.39 is 11.7 Å². The van der Waals surface area contributed by atoms with Crippen molar-refractivity contribution < 1.29 is 14.0 Å². The Morgan fingerprint density at radius 3 is 2.50 bits per heavy atom. The van der Waals surface area contributed by atoms with Gasteiger partial charge in [-0.1, -0.05) is 24.3 Å². The first-order valence-electron chi connectivity index (χ1n) is 8.73. The lowest BCUT2D eigenvalue weighted by molar-refractivity contribution is -0.119. The second-order valence-electron chi connectivity index (χ2n) is 6.55. The lowest BCUT2D eigenvalue weighted by atomic mass is 10.1. The summed E-state index contributed by atoms with van der Waals surface area (Å²) in [7, 11) is 0. The van der Waals surface area contributed by atoms with Gasteiger partial charge in [-0.25, -0.2) is 9.37 Å². The monoisotopic (exact) mass is 397 g/mol. The van der Waals surface area contributed by atoms with Gasteiger partial charge in [-0.05, 0) is 43.2 Å². The third kappa shape index (κ3) is 4.80. The number of thiazole rings is 1. The van der Waals surface area contributed by atoms with Crippen molar-refractivity contribution in [2.45, 2.75) is 26.8 Å². The van der Waals surface area contributed by atoms with Gasteiger partial charge in [-0.2, -0.15) is 0 Å². The molecule has 0 aliphatic carbocycles. The van der Waals surface area contributed by atoms with Crippen LogP contribution in [0.2, 0.25) is 0 Å². The van der Waals surface area contributed by atoms with Crippen molar-refractivity contribution in [3.63, 3.8) is 0 Å². The first-order valence-corrected chi connectivity index (χ1v) is 9.61. The second kappa shape index (κ2) is 8.31. The van der Waals surface area contributed by atoms with Crippen molar-refractivity contribution in [1.29, 1.82) is 0 Å². The number of rotatable bonds is 5. The van der Waals surface area contributed by atoms with Crippen LogP contribution in [0.5, 0.6) is 0 Å². The van der Waals surface area contributed by atoms with Crippen molar-refractivity contribution >= 4 is 28.3 Å². The van der Waals surface area contributed by atoms with E-state index in [2.05, 4.69) is 15.6 Å². The first kappa shape index (κ1) is 19.7. The predicted molar refractivity (Wildman–Crippen MR) is 109 cm³/mol. The smallest absolute Gasteiger partial charge is 0.257 e. The summed E-state index contributed by atoms with van der Waals surface area (Å²) < 4.78 is 13.5. The number of aromatic nitrogens is 1. The summed E-state index contributed by atoms with van der Waals surface area (Å²) in [5.41, 5.74) is 3.56. The van der Waals surface area contributed by atoms with Gasteiger partial charge in [0.2, 0.25) is 5.91 Å². The highest BCUT2D eigenvalue weighted by Crippen LogP contribution is 2.26. The van der Waals surface area contributed by atoms with E-state index in [4.69, 9.17) is 0 Å². The maximum absolute atomic E-state index is 13.5. The van der Waals surface area contributed by atoms with Gasteiger partial charge in [-0.3, -0.25) is 14.9 Å². The summed E-state index contributed by atoms with van der Waals surface area (Å²) >= 11 is 1.30. The predicted octanol–water partition coefficient (Wildman–Crippen LogP) is 4.71. The molecule has 2 N–H and O–H groups in total. The number of nitrogens with one attached hydrogen (secondary N) is 2. The number of carbonyl (C=O) groups is 2. The molecule has 7 heteroatoms. The first-order chi connectivity index (χ1) is 13.3. The number of halogens is 1. The number of carbonyl (C=O) groups excluding carboxylic acids is 2. The number of benzene rings is 2. The number of hydrogen-bond acceptors (Lipinski definition) is 4. The Morgan fingerprint density at radius 2 is 1.86 bits per heavy atom. The van der Waals surface area contributed by atoms with Gasteiger partial charge in [0.15, 0.2) is 5.13 Å². The summed E-state index contributed by atoms with van der Waals surface area (Å²) in [6, 6.07) is 11.8. The van der Waals surface area contributed by atoms with Crippen molar-refractivity contribution in [2.24, 2.45) is 0 Å². The molecule has 3 rings (SSSR count). The minimum Gasteiger partial charge on any atom is -0.350 e. The van der Waals surface area contributed by atoms with E-state index in [9.17, 15) is 14.0 Å². The molecule has 2 amide bonds. The molecule has 0 aliphatic heterocycles. The largest absolute Gasteiger partial charge is 0.350 e. The zero-order valence-electron chi connectivity index (χ0n) is 15.7. The number of amides is 2. The van der Waals surface area contributed by atoms with E-state index in [1.54, 1.807) is 13.0 Å². The normalized spacial score (nSPS) is 11.7. The Bertz CT molecular complexity index is 994. The minimum absolute atomic E-state index is 0.0773. The summed E-state index contributed by atoms with van der Waals surface area (Å²) in [6.45, 7) is 5.14. The summed E-state index contributed by atoms with van der Waals surface area (Å²) in [5.74, 6) is -0.925. The number of aryl methyl sites for hydroxylation is 1. The van der Waals surface area contributed by atoms with E-state index >= 15 is 0 Å². The molecule has 28 heavy (non-hydrogen) atoms. The van der Waals surface area contributed by atoms with Crippen LogP contribution < -0.4 is 10.6 Å². The molecule has 0 saturated heterocycles. The molecular weight excluding hydrogens is 377 g/mol. The van der Waals surface area contributed by atoms with Crippen LogP contribution in [-0.4, -0.2) is 16.8 Å². The molecule has 0 bridgehead atoms. The topological polar surface area (TPSA) is 71.1 Å². The van der Waals surface area contributed by atoms with E-state index in [-0.39, 0.29) is 17.5 Å². The average molecular weight is 397 g/mol. The molecule has 0 spiro atoms. The van der Waals surface area contributed by atoms with Gasteiger partial charge < -0.3 is 5.32 Å². The highest BCUT2D eigenvalue weighted by Gasteiger charge is 2.12. The van der Waals surface area contributed by atoms with E-state index in [1.165, 1.54) is 30.4 Å². The van der Waals surface area contributed by atoms with Crippen LogP contribution in [0.4, 0.5) is 9.52 Å². The van der Waals surface area contributed by atoms with E-state index in [0.717, 1.165) is 16.8 Å². The minimum atomic E-state index is -0.446. The zero-order valence-corrected chi connectivity index (χ0v) is 16.6. The van der Waals surface area contributed by atoms with Crippen molar-refractivity contribution in [3.8, 4) is 11.3 Å². The number of anilines is 1. The summed E-state index contributed by atoms with van der Waals surface area (Å²) in [4.78, 5) is 27.9. The maximum Gasteiger partial charge on any atom is 0.257 e. The highest BCUT2D eigenvalue weighted by molar-refractivity contribution is 7.14. The fourth-order valence-electron chi connectivity index (χ4n) is 2.83. The van der Waals surface area contributed by atoms with Crippen LogP contribution in [0.3, 0.4) is 0 Å². The van der Waals surface area contributed by atoms with Crippen LogP contribution in [-0.2, 0) is 4.79 Å². The third-order valence-corrected chi connectivity index (χ3v) is 4.91. The lowest BCUT2D eigenvalue weighted by Crippen LogP contribution is -2.23. The molecule has 3 aromatic rings. The number of hydrogen-bond donors (Lipinski definition) is 2. The SMILES string of the molecule is CC(=O)N[C@@H](C)c1ccc(-c2csc(NC(=O)c3cc(C)cc(F)c3)n2)cc1. The Balaban J connectivity index is 1.71. The van der Waals surface area contributed by atoms with Crippen molar-refractivity contribution in [1.82, 2.24) is 10.3 Å². The van der Waals surface area contributed by atoms with Crippen LogP contribution in [0, 0.1) is 12.7 Å². The van der Waals surface area contributed by atoms with Gasteiger partial charge >= 0.3 is 0 Å². The molecule has 2 aromatic carbocycles. The zero-order chi connectivity index (χ0) is 20.3. The highest BCUT2D eigenvalue weighted by atomic mass is 32.1. The summed E-state index contributed by atoms with van der Waals surface area (Å²) in [6.07, 6.45) is 0. The third-order valence-electron chi connectivity index (χ3n) is 4.16. The lowest BCUT2D eigenvalue weighted by Gasteiger charge is -2.13. The van der Waals surface area contributed by atoms with Crippen molar-refractivity contribution in [2.75, 3.05) is 5.32 Å². The maximum atomic E-state index is 13.5. The van der Waals surface area contributed by atoms with Gasteiger partial charge in [0.1, 0.15) is 5.82 Å². The molecule has 0 saturated carbocycles. The quantitative estimate of drug-likeness (QED) is 0.655. The fraction of sp³-hybridized carbons (Fsp3) is 0.190. The van der Waals surface area contributed by atoms with E-state index in [0.29, 0.717) is 10.7 Å². The fourth-order valence-corrected chi connectivity index (χ4v) is 3.55. The van der Waals surface area contributed by atoms with Crippen LogP contribution >= 0.6 is 11.3 Å².